The molecule has 1 unspecified atom stereocenters. The van der Waals surface area contributed by atoms with Crippen LogP contribution in [0.15, 0.2) is 30.5 Å². The lowest BCUT2D eigenvalue weighted by molar-refractivity contribution is 0.0737. The minimum absolute atomic E-state index is 0.155. The zero-order valence-corrected chi connectivity index (χ0v) is 11.7. The molecule has 2 heterocycles. The maximum atomic E-state index is 12.9. The molecule has 0 aliphatic carbocycles. The molecule has 0 spiro atoms. The monoisotopic (exact) mass is 289 g/mol. The van der Waals surface area contributed by atoms with Crippen molar-refractivity contribution in [2.45, 2.75) is 12.5 Å². The fraction of sp³-hybridized carbons (Fsp3) is 0.357. The van der Waals surface area contributed by atoms with Crippen molar-refractivity contribution in [2.75, 3.05) is 20.1 Å². The molecule has 1 aliphatic rings. The normalized spacial score (nSPS) is 17.9. The topological polar surface area (TPSA) is 63.1 Å². The van der Waals surface area contributed by atoms with E-state index in [1.165, 1.54) is 23.1 Å². The second kappa shape index (κ2) is 5.61. The maximum absolute atomic E-state index is 12.9. The van der Waals surface area contributed by atoms with Gasteiger partial charge in [-0.3, -0.25) is 4.79 Å². The van der Waals surface area contributed by atoms with E-state index in [9.17, 15) is 9.18 Å². The highest BCUT2D eigenvalue weighted by Crippen LogP contribution is 2.11. The van der Waals surface area contributed by atoms with Gasteiger partial charge in [-0.25, -0.2) is 4.39 Å². The molecule has 2 aromatic rings. The smallest absolute Gasteiger partial charge is 0.276 e. The largest absolute Gasteiger partial charge is 0.336 e. The van der Waals surface area contributed by atoms with Gasteiger partial charge in [0.05, 0.1) is 11.9 Å². The van der Waals surface area contributed by atoms with Crippen LogP contribution >= 0.6 is 0 Å². The zero-order valence-electron chi connectivity index (χ0n) is 11.7. The lowest BCUT2D eigenvalue weighted by Gasteiger charge is -2.22. The first-order valence-electron chi connectivity index (χ1n) is 6.81. The SMILES string of the molecule is CN(C(=O)c1cnn(-c2ccc(F)cc2)n1)C1CCNC1. The van der Waals surface area contributed by atoms with Crippen LogP contribution in [0.2, 0.25) is 0 Å². The molecule has 1 aliphatic heterocycles. The van der Waals surface area contributed by atoms with Crippen LogP contribution in [0, 0.1) is 5.82 Å². The number of halogens is 1. The number of hydrogen-bond donors (Lipinski definition) is 1. The van der Waals surface area contributed by atoms with E-state index in [-0.39, 0.29) is 23.5 Å². The Bertz CT molecular complexity index is 633. The minimum atomic E-state index is -0.323. The van der Waals surface area contributed by atoms with E-state index in [1.807, 2.05) is 0 Å². The summed E-state index contributed by atoms with van der Waals surface area (Å²) in [6, 6.07) is 5.98. The van der Waals surface area contributed by atoms with Crippen molar-refractivity contribution in [2.24, 2.45) is 0 Å². The van der Waals surface area contributed by atoms with Crippen LogP contribution in [0.5, 0.6) is 0 Å². The molecular formula is C14H16FN5O. The third kappa shape index (κ3) is 2.78. The van der Waals surface area contributed by atoms with Gasteiger partial charge < -0.3 is 10.2 Å². The third-order valence-corrected chi connectivity index (χ3v) is 3.67. The van der Waals surface area contributed by atoms with E-state index in [4.69, 9.17) is 0 Å². The van der Waals surface area contributed by atoms with Crippen molar-refractivity contribution in [1.29, 1.82) is 0 Å². The lowest BCUT2D eigenvalue weighted by Crippen LogP contribution is -2.38. The summed E-state index contributed by atoms with van der Waals surface area (Å²) < 4.78 is 12.9. The Kier molecular flexibility index (Phi) is 3.66. The highest BCUT2D eigenvalue weighted by Gasteiger charge is 2.25. The lowest BCUT2D eigenvalue weighted by atomic mass is 10.2. The Labute approximate surface area is 121 Å². The molecular weight excluding hydrogens is 273 g/mol. The van der Waals surface area contributed by atoms with Gasteiger partial charge in [-0.15, -0.1) is 5.10 Å². The average molecular weight is 289 g/mol. The maximum Gasteiger partial charge on any atom is 0.276 e. The number of likely N-dealkylation sites (N-methyl/N-ethyl adjacent to an activating group) is 1. The number of benzene rings is 1. The summed E-state index contributed by atoms with van der Waals surface area (Å²) in [5.74, 6) is -0.479. The molecule has 3 rings (SSSR count). The van der Waals surface area contributed by atoms with E-state index in [0.29, 0.717) is 5.69 Å². The summed E-state index contributed by atoms with van der Waals surface area (Å²) in [6.45, 7) is 1.72. The molecule has 21 heavy (non-hydrogen) atoms. The fourth-order valence-electron chi connectivity index (χ4n) is 2.38. The molecule has 6 nitrogen and oxygen atoms in total. The quantitative estimate of drug-likeness (QED) is 0.909. The Morgan fingerprint density at radius 2 is 2.19 bits per heavy atom. The highest BCUT2D eigenvalue weighted by molar-refractivity contribution is 5.92. The molecule has 1 saturated heterocycles. The van der Waals surface area contributed by atoms with Crippen molar-refractivity contribution in [3.63, 3.8) is 0 Å². The summed E-state index contributed by atoms with van der Waals surface area (Å²) in [5.41, 5.74) is 0.898. The number of carbonyl (C=O) groups excluding carboxylic acids is 1. The summed E-state index contributed by atoms with van der Waals surface area (Å²) in [6.07, 6.45) is 2.37. The molecule has 0 bridgehead atoms. The molecule has 1 aromatic carbocycles. The van der Waals surface area contributed by atoms with Crippen molar-refractivity contribution >= 4 is 5.91 Å². The molecule has 110 valence electrons. The van der Waals surface area contributed by atoms with E-state index in [0.717, 1.165) is 19.5 Å². The number of nitrogens with zero attached hydrogens (tertiary/aromatic N) is 4. The Hall–Kier alpha value is -2.28. The number of carbonyl (C=O) groups is 1. The molecule has 1 amide bonds. The van der Waals surface area contributed by atoms with Crippen LogP contribution in [-0.2, 0) is 0 Å². The van der Waals surface area contributed by atoms with Crippen molar-refractivity contribution < 1.29 is 9.18 Å². The predicted octanol–water partition coefficient (Wildman–Crippen LogP) is 0.840. The Morgan fingerprint density at radius 3 is 2.86 bits per heavy atom. The number of rotatable bonds is 3. The van der Waals surface area contributed by atoms with Gasteiger partial charge in [0.25, 0.3) is 5.91 Å². The van der Waals surface area contributed by atoms with Gasteiger partial charge >= 0.3 is 0 Å². The van der Waals surface area contributed by atoms with Crippen LogP contribution in [0.4, 0.5) is 4.39 Å². The number of aromatic nitrogens is 3. The summed E-state index contributed by atoms with van der Waals surface area (Å²) in [4.78, 5) is 15.4. The van der Waals surface area contributed by atoms with Crippen molar-refractivity contribution in [3.8, 4) is 5.69 Å². The van der Waals surface area contributed by atoms with Crippen LogP contribution in [0.25, 0.3) is 5.69 Å². The minimum Gasteiger partial charge on any atom is -0.336 e. The second-order valence-corrected chi connectivity index (χ2v) is 5.06. The third-order valence-electron chi connectivity index (χ3n) is 3.67. The van der Waals surface area contributed by atoms with Crippen molar-refractivity contribution in [1.82, 2.24) is 25.2 Å². The van der Waals surface area contributed by atoms with Crippen LogP contribution < -0.4 is 5.32 Å². The van der Waals surface area contributed by atoms with E-state index in [1.54, 1.807) is 24.1 Å². The second-order valence-electron chi connectivity index (χ2n) is 5.06. The number of hydrogen-bond acceptors (Lipinski definition) is 4. The van der Waals surface area contributed by atoms with Gasteiger partial charge in [0.15, 0.2) is 5.69 Å². The van der Waals surface area contributed by atoms with Crippen LogP contribution in [0.1, 0.15) is 16.9 Å². The summed E-state index contributed by atoms with van der Waals surface area (Å²) in [5, 5.41) is 11.5. The molecule has 1 aromatic heterocycles. The molecule has 0 saturated carbocycles. The van der Waals surface area contributed by atoms with Gasteiger partial charge in [0.2, 0.25) is 0 Å². The molecule has 1 fully saturated rings. The first kappa shape index (κ1) is 13.7. The predicted molar refractivity (Wildman–Crippen MR) is 74.7 cm³/mol. The van der Waals surface area contributed by atoms with E-state index in [2.05, 4.69) is 15.5 Å². The summed E-state index contributed by atoms with van der Waals surface area (Å²) in [7, 11) is 1.77. The average Bonchev–Trinajstić information content (AvgIpc) is 3.18. The van der Waals surface area contributed by atoms with Gasteiger partial charge in [-0.05, 0) is 37.2 Å². The van der Waals surface area contributed by atoms with Gasteiger partial charge in [-0.2, -0.15) is 9.90 Å². The van der Waals surface area contributed by atoms with Gasteiger partial charge in [-0.1, -0.05) is 0 Å². The Morgan fingerprint density at radius 1 is 1.43 bits per heavy atom. The molecule has 7 heteroatoms. The first-order chi connectivity index (χ1) is 10.1. The number of amides is 1. The molecule has 1 atom stereocenters. The van der Waals surface area contributed by atoms with Crippen LogP contribution in [0.3, 0.4) is 0 Å². The Balaban J connectivity index is 1.77. The zero-order chi connectivity index (χ0) is 14.8. The molecule has 1 N–H and O–H groups in total. The molecule has 0 radical (unpaired) electrons. The van der Waals surface area contributed by atoms with Crippen LogP contribution in [-0.4, -0.2) is 52.0 Å². The summed E-state index contributed by atoms with van der Waals surface area (Å²) >= 11 is 0. The van der Waals surface area contributed by atoms with Gasteiger partial charge in [0, 0.05) is 19.6 Å². The van der Waals surface area contributed by atoms with E-state index < -0.39 is 0 Å². The van der Waals surface area contributed by atoms with E-state index >= 15 is 0 Å². The fourth-order valence-corrected chi connectivity index (χ4v) is 2.38. The standard InChI is InChI=1S/C14H16FN5O/c1-19(12-6-7-16-8-12)14(21)13-9-17-20(18-13)11-4-2-10(15)3-5-11/h2-5,9,12,16H,6-8H2,1H3. The first-order valence-corrected chi connectivity index (χ1v) is 6.81. The van der Waals surface area contributed by atoms with Crippen molar-refractivity contribution in [3.05, 3.63) is 42.0 Å². The number of nitrogens with one attached hydrogen (secondary N) is 1. The highest BCUT2D eigenvalue weighted by atomic mass is 19.1. The van der Waals surface area contributed by atoms with Gasteiger partial charge in [0.1, 0.15) is 5.82 Å².